The topological polar surface area (TPSA) is 26.3 Å². The second-order valence-corrected chi connectivity index (χ2v) is 4.60. The lowest BCUT2D eigenvalue weighted by Crippen LogP contribution is -2.09. The summed E-state index contributed by atoms with van der Waals surface area (Å²) in [6, 6.07) is 10.5. The Labute approximate surface area is 110 Å². The zero-order valence-electron chi connectivity index (χ0n) is 10.4. The number of fused-ring (bicyclic) bond motifs is 1. The van der Waals surface area contributed by atoms with E-state index in [0.717, 1.165) is 35.3 Å². The molecular weight excluding hydrogens is 243 g/mol. The number of halogens is 1. The zero-order chi connectivity index (χ0) is 13.2. The van der Waals surface area contributed by atoms with E-state index in [9.17, 15) is 9.18 Å². The first kappa shape index (κ1) is 11.9. The van der Waals surface area contributed by atoms with Gasteiger partial charge < -0.3 is 4.74 Å². The van der Waals surface area contributed by atoms with Crippen molar-refractivity contribution in [3.05, 3.63) is 53.3 Å². The number of aryl methyl sites for hydroxylation is 1. The van der Waals surface area contributed by atoms with Crippen molar-refractivity contribution >= 4 is 6.29 Å². The number of hydrogen-bond donors (Lipinski definition) is 0. The van der Waals surface area contributed by atoms with Crippen LogP contribution in [0.5, 0.6) is 5.75 Å². The van der Waals surface area contributed by atoms with Crippen molar-refractivity contribution in [2.75, 3.05) is 6.61 Å². The van der Waals surface area contributed by atoms with Crippen LogP contribution in [0.15, 0.2) is 36.4 Å². The van der Waals surface area contributed by atoms with Crippen LogP contribution in [0.3, 0.4) is 0 Å². The molecule has 0 fully saturated rings. The Balaban J connectivity index is 2.12. The molecule has 1 heterocycles. The van der Waals surface area contributed by atoms with Crippen LogP contribution >= 0.6 is 0 Å². The van der Waals surface area contributed by atoms with E-state index in [4.69, 9.17) is 4.74 Å². The van der Waals surface area contributed by atoms with Gasteiger partial charge in [-0.05, 0) is 36.1 Å². The minimum Gasteiger partial charge on any atom is -0.493 e. The molecule has 96 valence electrons. The molecule has 0 spiro atoms. The molecule has 0 bridgehead atoms. The molecule has 0 N–H and O–H groups in total. The van der Waals surface area contributed by atoms with E-state index in [-0.39, 0.29) is 5.56 Å². The predicted octanol–water partition coefficient (Wildman–Crippen LogP) is 3.63. The van der Waals surface area contributed by atoms with Gasteiger partial charge in [-0.15, -0.1) is 0 Å². The van der Waals surface area contributed by atoms with Gasteiger partial charge in [-0.2, -0.15) is 0 Å². The van der Waals surface area contributed by atoms with Gasteiger partial charge >= 0.3 is 0 Å². The second kappa shape index (κ2) is 4.84. The second-order valence-electron chi connectivity index (χ2n) is 4.60. The number of ether oxygens (including phenoxy) is 1. The largest absolute Gasteiger partial charge is 0.493 e. The minimum absolute atomic E-state index is 0.0782. The van der Waals surface area contributed by atoms with E-state index < -0.39 is 5.82 Å². The monoisotopic (exact) mass is 256 g/mol. The van der Waals surface area contributed by atoms with E-state index in [1.165, 1.54) is 12.1 Å². The molecule has 1 aliphatic heterocycles. The summed E-state index contributed by atoms with van der Waals surface area (Å²) in [5.74, 6) is 0.341. The minimum atomic E-state index is -0.499. The van der Waals surface area contributed by atoms with Crippen LogP contribution in [0, 0.1) is 5.82 Å². The molecule has 2 nitrogen and oxygen atoms in total. The molecular formula is C16H13FO2. The Morgan fingerprint density at radius 3 is 2.89 bits per heavy atom. The average molecular weight is 256 g/mol. The number of para-hydroxylation sites is 1. The molecule has 0 saturated heterocycles. The van der Waals surface area contributed by atoms with Gasteiger partial charge in [-0.25, -0.2) is 4.39 Å². The van der Waals surface area contributed by atoms with Crippen LogP contribution in [0.25, 0.3) is 11.1 Å². The maximum atomic E-state index is 13.7. The zero-order valence-corrected chi connectivity index (χ0v) is 10.4. The van der Waals surface area contributed by atoms with Crippen molar-refractivity contribution < 1.29 is 13.9 Å². The smallest absolute Gasteiger partial charge is 0.152 e. The van der Waals surface area contributed by atoms with Gasteiger partial charge in [0.05, 0.1) is 12.2 Å². The average Bonchev–Trinajstić information content (AvgIpc) is 2.46. The lowest BCUT2D eigenvalue weighted by Gasteiger charge is -2.20. The maximum absolute atomic E-state index is 13.7. The standard InChI is InChI=1S/C16H13FO2/c17-15-9-12(6-7-13(15)10-18)14-5-1-3-11-4-2-8-19-16(11)14/h1,3,5-7,9-10H,2,4,8H2. The number of carbonyl (C=O) groups is 1. The number of hydrogen-bond acceptors (Lipinski definition) is 2. The highest BCUT2D eigenvalue weighted by molar-refractivity contribution is 5.79. The summed E-state index contributed by atoms with van der Waals surface area (Å²) < 4.78 is 19.4. The molecule has 0 radical (unpaired) electrons. The third kappa shape index (κ3) is 2.12. The molecule has 2 aromatic rings. The van der Waals surface area contributed by atoms with Gasteiger partial charge in [0.15, 0.2) is 6.29 Å². The Kier molecular flexibility index (Phi) is 3.03. The maximum Gasteiger partial charge on any atom is 0.152 e. The Morgan fingerprint density at radius 2 is 2.11 bits per heavy atom. The lowest BCUT2D eigenvalue weighted by atomic mass is 9.97. The quantitative estimate of drug-likeness (QED) is 0.767. The van der Waals surface area contributed by atoms with Gasteiger partial charge in [0, 0.05) is 5.56 Å². The van der Waals surface area contributed by atoms with Crippen LogP contribution in [-0.2, 0) is 6.42 Å². The molecule has 0 saturated carbocycles. The molecule has 2 aromatic carbocycles. The molecule has 0 aliphatic carbocycles. The molecule has 0 aromatic heterocycles. The van der Waals surface area contributed by atoms with Crippen molar-refractivity contribution in [1.82, 2.24) is 0 Å². The first-order valence-electron chi connectivity index (χ1n) is 6.29. The van der Waals surface area contributed by atoms with Crippen molar-refractivity contribution in [2.45, 2.75) is 12.8 Å². The fraction of sp³-hybridized carbons (Fsp3) is 0.188. The molecule has 19 heavy (non-hydrogen) atoms. The van der Waals surface area contributed by atoms with Gasteiger partial charge in [-0.1, -0.05) is 24.3 Å². The van der Waals surface area contributed by atoms with Crippen LogP contribution in [0.2, 0.25) is 0 Å². The van der Waals surface area contributed by atoms with Crippen molar-refractivity contribution in [2.24, 2.45) is 0 Å². The lowest BCUT2D eigenvalue weighted by molar-refractivity contribution is 0.112. The molecule has 1 aliphatic rings. The van der Waals surface area contributed by atoms with E-state index >= 15 is 0 Å². The molecule has 0 amide bonds. The van der Waals surface area contributed by atoms with E-state index in [0.29, 0.717) is 12.9 Å². The van der Waals surface area contributed by atoms with Gasteiger partial charge in [0.2, 0.25) is 0 Å². The number of carbonyl (C=O) groups excluding carboxylic acids is 1. The summed E-state index contributed by atoms with van der Waals surface area (Å²) in [4.78, 5) is 10.6. The van der Waals surface area contributed by atoms with Crippen molar-refractivity contribution in [3.63, 3.8) is 0 Å². The van der Waals surface area contributed by atoms with Crippen molar-refractivity contribution in [1.29, 1.82) is 0 Å². The van der Waals surface area contributed by atoms with Crippen LogP contribution < -0.4 is 4.74 Å². The summed E-state index contributed by atoms with van der Waals surface area (Å²) in [5, 5.41) is 0. The molecule has 3 rings (SSSR count). The fourth-order valence-corrected chi connectivity index (χ4v) is 2.41. The summed E-state index contributed by atoms with van der Waals surface area (Å²) in [7, 11) is 0. The highest BCUT2D eigenvalue weighted by Crippen LogP contribution is 2.36. The summed E-state index contributed by atoms with van der Waals surface area (Å²) in [6.45, 7) is 0.693. The Morgan fingerprint density at radius 1 is 1.21 bits per heavy atom. The first-order chi connectivity index (χ1) is 9.29. The van der Waals surface area contributed by atoms with Crippen molar-refractivity contribution in [3.8, 4) is 16.9 Å². The van der Waals surface area contributed by atoms with Gasteiger partial charge in [0.1, 0.15) is 11.6 Å². The number of benzene rings is 2. The van der Waals surface area contributed by atoms with E-state index in [2.05, 4.69) is 0 Å². The molecule has 0 atom stereocenters. The predicted molar refractivity (Wildman–Crippen MR) is 71.0 cm³/mol. The number of aldehydes is 1. The normalized spacial score (nSPS) is 13.5. The van der Waals surface area contributed by atoms with E-state index in [1.54, 1.807) is 6.07 Å². The van der Waals surface area contributed by atoms with Crippen LogP contribution in [0.1, 0.15) is 22.3 Å². The summed E-state index contributed by atoms with van der Waals surface area (Å²) in [6.07, 6.45) is 2.52. The first-order valence-corrected chi connectivity index (χ1v) is 6.29. The summed E-state index contributed by atoms with van der Waals surface area (Å²) in [5.41, 5.74) is 2.86. The number of rotatable bonds is 2. The SMILES string of the molecule is O=Cc1ccc(-c2cccc3c2OCCC3)cc1F. The molecule has 3 heteroatoms. The summed E-state index contributed by atoms with van der Waals surface area (Å²) >= 11 is 0. The van der Waals surface area contributed by atoms with Crippen LogP contribution in [0.4, 0.5) is 4.39 Å². The highest BCUT2D eigenvalue weighted by atomic mass is 19.1. The fourth-order valence-electron chi connectivity index (χ4n) is 2.41. The van der Waals surface area contributed by atoms with Crippen LogP contribution in [-0.4, -0.2) is 12.9 Å². The molecule has 0 unspecified atom stereocenters. The van der Waals surface area contributed by atoms with Gasteiger partial charge in [0.25, 0.3) is 0 Å². The Hall–Kier alpha value is -2.16. The highest BCUT2D eigenvalue weighted by Gasteiger charge is 2.16. The third-order valence-corrected chi connectivity index (χ3v) is 3.37. The van der Waals surface area contributed by atoms with Gasteiger partial charge in [-0.3, -0.25) is 4.79 Å². The third-order valence-electron chi connectivity index (χ3n) is 3.37. The Bertz CT molecular complexity index is 635. The van der Waals surface area contributed by atoms with E-state index in [1.807, 2.05) is 18.2 Å².